The lowest BCUT2D eigenvalue weighted by molar-refractivity contribution is 0.0696. The predicted octanol–water partition coefficient (Wildman–Crippen LogP) is 4.34. The van der Waals surface area contributed by atoms with E-state index in [-0.39, 0.29) is 29.4 Å². The first-order chi connectivity index (χ1) is 16.3. The van der Waals surface area contributed by atoms with E-state index in [0.29, 0.717) is 21.5 Å². The molecule has 2 heterocycles. The van der Waals surface area contributed by atoms with Gasteiger partial charge in [0.05, 0.1) is 29.0 Å². The molecule has 2 N–H and O–H groups in total. The van der Waals surface area contributed by atoms with Crippen molar-refractivity contribution >= 4 is 44.9 Å². The summed E-state index contributed by atoms with van der Waals surface area (Å²) in [4.78, 5) is 12.3. The van der Waals surface area contributed by atoms with Crippen LogP contribution in [-0.4, -0.2) is 47.1 Å². The second-order valence-electron chi connectivity index (χ2n) is 7.15. The fraction of sp³-hybridized carbons (Fsp3) is 0.136. The van der Waals surface area contributed by atoms with Crippen molar-refractivity contribution in [3.63, 3.8) is 0 Å². The quantitative estimate of drug-likeness (QED) is 0.338. The average Bonchev–Trinajstić information content (AvgIpc) is 3.48. The normalized spacial score (nSPS) is 11.4. The smallest absolute Gasteiger partial charge is 0.335 e. The van der Waals surface area contributed by atoms with E-state index >= 15 is 0 Å². The van der Waals surface area contributed by atoms with Gasteiger partial charge in [0.15, 0.2) is 5.82 Å². The van der Waals surface area contributed by atoms with E-state index in [1.54, 1.807) is 30.3 Å². The number of aryl methyl sites for hydroxylation is 1. The molecular weight excluding hydrogens is 500 g/mol. The van der Waals surface area contributed by atoms with E-state index in [1.165, 1.54) is 41.2 Å². The van der Waals surface area contributed by atoms with Crippen LogP contribution in [0.4, 0.5) is 5.95 Å². The number of sulfonamides is 1. The van der Waals surface area contributed by atoms with Gasteiger partial charge in [0.2, 0.25) is 16.0 Å². The number of hydrogen-bond donors (Lipinski definition) is 2. The van der Waals surface area contributed by atoms with Crippen molar-refractivity contribution in [1.82, 2.24) is 14.8 Å². The number of anilines is 1. The zero-order chi connectivity index (χ0) is 24.3. The molecule has 2 aromatic heterocycles. The largest absolute Gasteiger partial charge is 0.495 e. The van der Waals surface area contributed by atoms with Gasteiger partial charge in [-0.05, 0) is 53.8 Å². The molecular formula is C22H19ClN4O5S2. The molecule has 0 saturated heterocycles. The molecule has 176 valence electrons. The first-order valence-electron chi connectivity index (χ1n) is 9.93. The van der Waals surface area contributed by atoms with Gasteiger partial charge in [0.1, 0.15) is 5.75 Å². The summed E-state index contributed by atoms with van der Waals surface area (Å²) in [6.07, 6.45) is 0.260. The summed E-state index contributed by atoms with van der Waals surface area (Å²) in [5, 5.41) is 20.1. The lowest BCUT2D eigenvalue weighted by Crippen LogP contribution is -2.21. The Morgan fingerprint density at radius 3 is 2.59 bits per heavy atom. The minimum absolute atomic E-state index is 0.00169. The average molecular weight is 519 g/mol. The number of methoxy groups -OCH3 is 1. The number of carbonyl (C=O) groups is 1. The van der Waals surface area contributed by atoms with E-state index in [2.05, 4.69) is 14.9 Å². The van der Waals surface area contributed by atoms with Crippen molar-refractivity contribution in [3.05, 3.63) is 76.1 Å². The van der Waals surface area contributed by atoms with Crippen LogP contribution in [0.5, 0.6) is 5.75 Å². The summed E-state index contributed by atoms with van der Waals surface area (Å²) in [5.41, 5.74) is 1.09. The topological polar surface area (TPSA) is 123 Å². The van der Waals surface area contributed by atoms with Crippen molar-refractivity contribution in [1.29, 1.82) is 0 Å². The monoisotopic (exact) mass is 518 g/mol. The van der Waals surface area contributed by atoms with Crippen molar-refractivity contribution < 1.29 is 23.1 Å². The second-order valence-corrected chi connectivity index (χ2v) is 10.4. The van der Waals surface area contributed by atoms with Crippen LogP contribution in [0, 0.1) is 0 Å². The van der Waals surface area contributed by atoms with Crippen molar-refractivity contribution in [2.24, 2.45) is 0 Å². The standard InChI is InChI=1S/C22H19ClN4O5S2/c1-32-18-9-6-15(21(28)29)13-17(18)27-20(19-3-2-11-33-19)24-25-22(27)26-34(30,31)12-10-14-4-7-16(23)8-5-14/h2-9,11,13H,10,12H2,1H3,(H,25,26)(H,28,29). The zero-order valence-corrected chi connectivity index (χ0v) is 20.2. The van der Waals surface area contributed by atoms with Gasteiger partial charge in [-0.1, -0.05) is 29.8 Å². The van der Waals surface area contributed by atoms with Crippen LogP contribution in [0.1, 0.15) is 15.9 Å². The molecule has 0 radical (unpaired) electrons. The number of ether oxygens (including phenoxy) is 1. The Balaban J connectivity index is 1.74. The fourth-order valence-corrected chi connectivity index (χ4v) is 5.08. The van der Waals surface area contributed by atoms with Crippen LogP contribution in [-0.2, 0) is 16.4 Å². The van der Waals surface area contributed by atoms with Gasteiger partial charge in [-0.15, -0.1) is 21.5 Å². The Kier molecular flexibility index (Phi) is 6.87. The first-order valence-corrected chi connectivity index (χ1v) is 12.8. The van der Waals surface area contributed by atoms with Crippen LogP contribution >= 0.6 is 22.9 Å². The van der Waals surface area contributed by atoms with E-state index < -0.39 is 16.0 Å². The number of halogens is 1. The summed E-state index contributed by atoms with van der Waals surface area (Å²) in [6, 6.07) is 14.8. The Labute approximate surface area is 204 Å². The Morgan fingerprint density at radius 2 is 1.94 bits per heavy atom. The third-order valence-corrected chi connectivity index (χ3v) is 7.24. The lowest BCUT2D eigenvalue weighted by atomic mass is 10.2. The molecule has 0 atom stereocenters. The fourth-order valence-electron chi connectivity index (χ4n) is 3.24. The van der Waals surface area contributed by atoms with Gasteiger partial charge in [0, 0.05) is 5.02 Å². The lowest BCUT2D eigenvalue weighted by Gasteiger charge is -2.15. The number of rotatable bonds is 9. The number of aromatic nitrogens is 3. The summed E-state index contributed by atoms with van der Waals surface area (Å²) >= 11 is 7.27. The zero-order valence-electron chi connectivity index (χ0n) is 17.8. The molecule has 0 amide bonds. The molecule has 0 aliphatic rings. The molecule has 2 aromatic carbocycles. The van der Waals surface area contributed by atoms with Crippen LogP contribution in [0.3, 0.4) is 0 Å². The van der Waals surface area contributed by atoms with Crippen LogP contribution < -0.4 is 9.46 Å². The van der Waals surface area contributed by atoms with Crippen LogP contribution in [0.2, 0.25) is 5.02 Å². The molecule has 12 heteroatoms. The molecule has 0 fully saturated rings. The number of aromatic carboxylic acids is 1. The Morgan fingerprint density at radius 1 is 1.18 bits per heavy atom. The molecule has 4 rings (SSSR count). The maximum atomic E-state index is 12.9. The van der Waals surface area contributed by atoms with E-state index in [0.717, 1.165) is 5.56 Å². The Hall–Kier alpha value is -3.41. The number of benzene rings is 2. The summed E-state index contributed by atoms with van der Waals surface area (Å²) in [5.74, 6) is -0.766. The minimum Gasteiger partial charge on any atom is -0.495 e. The van der Waals surface area contributed by atoms with Gasteiger partial charge in [-0.3, -0.25) is 9.29 Å². The van der Waals surface area contributed by atoms with Crippen molar-refractivity contribution in [3.8, 4) is 22.1 Å². The second kappa shape index (κ2) is 9.84. The maximum Gasteiger partial charge on any atom is 0.335 e. The van der Waals surface area contributed by atoms with Gasteiger partial charge < -0.3 is 9.84 Å². The van der Waals surface area contributed by atoms with Gasteiger partial charge in [0.25, 0.3) is 0 Å². The molecule has 0 bridgehead atoms. The summed E-state index contributed by atoms with van der Waals surface area (Å²) < 4.78 is 35.2. The van der Waals surface area contributed by atoms with Gasteiger partial charge in [-0.25, -0.2) is 13.2 Å². The third-order valence-electron chi connectivity index (χ3n) is 4.89. The van der Waals surface area contributed by atoms with Gasteiger partial charge >= 0.3 is 5.97 Å². The number of carboxylic acids is 1. The first kappa shape index (κ1) is 23.7. The maximum absolute atomic E-state index is 12.9. The third kappa shape index (κ3) is 5.22. The number of nitrogens with one attached hydrogen (secondary N) is 1. The predicted molar refractivity (Wildman–Crippen MR) is 131 cm³/mol. The molecule has 34 heavy (non-hydrogen) atoms. The molecule has 0 spiro atoms. The Bertz CT molecular complexity index is 1420. The molecule has 0 aliphatic heterocycles. The van der Waals surface area contributed by atoms with E-state index in [9.17, 15) is 18.3 Å². The SMILES string of the molecule is COc1ccc(C(=O)O)cc1-n1c(NS(=O)(=O)CCc2ccc(Cl)cc2)nnc1-c1cccs1. The molecule has 0 saturated carbocycles. The van der Waals surface area contributed by atoms with Crippen molar-refractivity contribution in [2.75, 3.05) is 17.6 Å². The highest BCUT2D eigenvalue weighted by Crippen LogP contribution is 2.33. The number of hydrogen-bond acceptors (Lipinski definition) is 7. The molecule has 0 unspecified atom stereocenters. The molecule has 0 aliphatic carbocycles. The highest BCUT2D eigenvalue weighted by atomic mass is 35.5. The van der Waals surface area contributed by atoms with Crippen molar-refractivity contribution in [2.45, 2.75) is 6.42 Å². The van der Waals surface area contributed by atoms with E-state index in [1.807, 2.05) is 11.4 Å². The van der Waals surface area contributed by atoms with Gasteiger partial charge in [-0.2, -0.15) is 0 Å². The minimum atomic E-state index is -3.84. The molecule has 9 nitrogen and oxygen atoms in total. The summed E-state index contributed by atoms with van der Waals surface area (Å²) in [6.45, 7) is 0. The van der Waals surface area contributed by atoms with E-state index in [4.69, 9.17) is 16.3 Å². The van der Waals surface area contributed by atoms with Crippen LogP contribution in [0.15, 0.2) is 60.0 Å². The number of nitrogens with zero attached hydrogens (tertiary/aromatic N) is 3. The van der Waals surface area contributed by atoms with Crippen LogP contribution in [0.25, 0.3) is 16.4 Å². The molecule has 4 aromatic rings. The highest BCUT2D eigenvalue weighted by molar-refractivity contribution is 7.92. The number of thiophene rings is 1. The highest BCUT2D eigenvalue weighted by Gasteiger charge is 2.24. The summed E-state index contributed by atoms with van der Waals surface area (Å²) in [7, 11) is -2.40. The number of carboxylic acid groups (broad SMARTS) is 1.